The Labute approximate surface area is 94.3 Å². The molecule has 0 fully saturated rings. The van der Waals surface area contributed by atoms with E-state index in [9.17, 15) is 13.2 Å². The quantitative estimate of drug-likeness (QED) is 0.628. The van der Waals surface area contributed by atoms with Gasteiger partial charge >= 0.3 is 6.18 Å². The summed E-state index contributed by atoms with van der Waals surface area (Å²) in [5, 5.41) is 2.33. The van der Waals surface area contributed by atoms with Crippen LogP contribution in [0.5, 0.6) is 0 Å². The molecule has 1 atom stereocenters. The Morgan fingerprint density at radius 3 is 2.12 bits per heavy atom. The van der Waals surface area contributed by atoms with Crippen molar-refractivity contribution in [2.75, 3.05) is 33.0 Å². The lowest BCUT2D eigenvalue weighted by atomic mass is 10.3. The average molecular weight is 243 g/mol. The molecule has 0 saturated carbocycles. The molecule has 0 aliphatic heterocycles. The molecule has 0 bridgehead atoms. The van der Waals surface area contributed by atoms with Crippen LogP contribution in [0, 0.1) is 0 Å². The van der Waals surface area contributed by atoms with Gasteiger partial charge in [0.1, 0.15) is 6.04 Å². The molecule has 0 aromatic heterocycles. The summed E-state index contributed by atoms with van der Waals surface area (Å²) in [6.07, 6.45) is -3.24. The minimum absolute atomic E-state index is 0.189. The molecule has 0 aromatic carbocycles. The van der Waals surface area contributed by atoms with E-state index in [0.717, 1.165) is 13.3 Å². The summed E-state index contributed by atoms with van der Waals surface area (Å²) in [7, 11) is 0. The predicted octanol–water partition coefficient (Wildman–Crippen LogP) is 1.97. The summed E-state index contributed by atoms with van der Waals surface area (Å²) >= 11 is 0. The van der Waals surface area contributed by atoms with Gasteiger partial charge in [0, 0.05) is 13.2 Å². The first-order valence-electron chi connectivity index (χ1n) is 5.44. The molecule has 1 N–H and O–H groups in total. The largest absolute Gasteiger partial charge is 0.403 e. The maximum absolute atomic E-state index is 12.0. The number of halogens is 3. The van der Waals surface area contributed by atoms with Crippen LogP contribution in [0.25, 0.3) is 0 Å². The Balaban J connectivity index is 3.21. The van der Waals surface area contributed by atoms with Gasteiger partial charge in [-0.05, 0) is 13.3 Å². The van der Waals surface area contributed by atoms with Gasteiger partial charge in [0.15, 0.2) is 0 Å². The molecule has 0 aromatic rings. The zero-order valence-corrected chi connectivity index (χ0v) is 9.77. The number of nitrogens with one attached hydrogen (secondary N) is 1. The molecule has 0 radical (unpaired) electrons. The van der Waals surface area contributed by atoms with E-state index in [1.54, 1.807) is 0 Å². The highest BCUT2D eigenvalue weighted by molar-refractivity contribution is 4.68. The number of hydrogen-bond donors (Lipinski definition) is 1. The minimum atomic E-state index is -4.19. The predicted molar refractivity (Wildman–Crippen MR) is 55.4 cm³/mol. The van der Waals surface area contributed by atoms with Crippen molar-refractivity contribution in [2.24, 2.45) is 0 Å². The first-order chi connectivity index (χ1) is 7.48. The Morgan fingerprint density at radius 1 is 1.06 bits per heavy atom. The zero-order valence-electron chi connectivity index (χ0n) is 9.77. The van der Waals surface area contributed by atoms with Crippen LogP contribution < -0.4 is 5.32 Å². The van der Waals surface area contributed by atoms with Gasteiger partial charge in [-0.1, -0.05) is 6.92 Å². The topological polar surface area (TPSA) is 30.5 Å². The van der Waals surface area contributed by atoms with E-state index in [0.29, 0.717) is 19.8 Å². The molecule has 6 heteroatoms. The van der Waals surface area contributed by atoms with Crippen LogP contribution in [-0.2, 0) is 9.47 Å². The molecule has 98 valence electrons. The van der Waals surface area contributed by atoms with Gasteiger partial charge in [0.2, 0.25) is 0 Å². The molecular weight excluding hydrogens is 223 g/mol. The smallest absolute Gasteiger partial charge is 0.379 e. The molecule has 0 spiro atoms. The average Bonchev–Trinajstić information content (AvgIpc) is 2.20. The van der Waals surface area contributed by atoms with E-state index in [4.69, 9.17) is 9.47 Å². The number of hydrogen-bond acceptors (Lipinski definition) is 3. The van der Waals surface area contributed by atoms with E-state index in [2.05, 4.69) is 5.32 Å². The van der Waals surface area contributed by atoms with Crippen molar-refractivity contribution in [3.8, 4) is 0 Å². The molecule has 0 aliphatic carbocycles. The molecule has 0 heterocycles. The molecule has 0 aliphatic rings. The van der Waals surface area contributed by atoms with Gasteiger partial charge in [-0.15, -0.1) is 0 Å². The SMILES string of the molecule is CCCOCCOCCNC(C)C(F)(F)F. The molecule has 3 nitrogen and oxygen atoms in total. The van der Waals surface area contributed by atoms with Crippen LogP contribution in [0.3, 0.4) is 0 Å². The van der Waals surface area contributed by atoms with E-state index in [1.165, 1.54) is 0 Å². The molecule has 1 unspecified atom stereocenters. The summed E-state index contributed by atoms with van der Waals surface area (Å²) in [5.41, 5.74) is 0. The van der Waals surface area contributed by atoms with Crippen molar-refractivity contribution in [1.29, 1.82) is 0 Å². The minimum Gasteiger partial charge on any atom is -0.379 e. The van der Waals surface area contributed by atoms with Crippen LogP contribution in [0.4, 0.5) is 13.2 Å². The van der Waals surface area contributed by atoms with Crippen molar-refractivity contribution in [2.45, 2.75) is 32.5 Å². The van der Waals surface area contributed by atoms with Gasteiger partial charge < -0.3 is 14.8 Å². The maximum Gasteiger partial charge on any atom is 0.403 e. The Kier molecular flexibility index (Phi) is 8.60. The van der Waals surface area contributed by atoms with Crippen LogP contribution in [-0.4, -0.2) is 45.2 Å². The number of alkyl halides is 3. The lowest BCUT2D eigenvalue weighted by molar-refractivity contribution is -0.151. The van der Waals surface area contributed by atoms with Crippen molar-refractivity contribution < 1.29 is 22.6 Å². The summed E-state index contributed by atoms with van der Waals surface area (Å²) in [5.74, 6) is 0. The van der Waals surface area contributed by atoms with Gasteiger partial charge in [-0.3, -0.25) is 0 Å². The van der Waals surface area contributed by atoms with E-state index in [1.807, 2.05) is 6.92 Å². The second kappa shape index (κ2) is 8.78. The lowest BCUT2D eigenvalue weighted by Crippen LogP contribution is -2.41. The summed E-state index contributed by atoms with van der Waals surface area (Å²) < 4.78 is 46.3. The fourth-order valence-electron chi connectivity index (χ4n) is 0.930. The van der Waals surface area contributed by atoms with Crippen LogP contribution >= 0.6 is 0 Å². The van der Waals surface area contributed by atoms with Gasteiger partial charge in [0.05, 0.1) is 19.8 Å². The molecule has 0 rings (SSSR count). The highest BCUT2D eigenvalue weighted by Crippen LogP contribution is 2.18. The first kappa shape index (κ1) is 15.7. The Bertz CT molecular complexity index is 165. The molecule has 0 amide bonds. The Morgan fingerprint density at radius 2 is 1.62 bits per heavy atom. The third kappa shape index (κ3) is 8.94. The Hall–Kier alpha value is -0.330. The molecule has 0 saturated heterocycles. The van der Waals surface area contributed by atoms with Crippen LogP contribution in [0.15, 0.2) is 0 Å². The van der Waals surface area contributed by atoms with E-state index >= 15 is 0 Å². The highest BCUT2D eigenvalue weighted by Gasteiger charge is 2.35. The standard InChI is InChI=1S/C10H20F3NO2/c1-3-5-15-7-8-16-6-4-14-9(2)10(11,12)13/h9,14H,3-8H2,1-2H3. The van der Waals surface area contributed by atoms with Gasteiger partial charge in [-0.25, -0.2) is 0 Å². The molecule has 16 heavy (non-hydrogen) atoms. The van der Waals surface area contributed by atoms with E-state index in [-0.39, 0.29) is 13.2 Å². The maximum atomic E-state index is 12.0. The molecular formula is C10H20F3NO2. The normalized spacial score (nSPS) is 14.1. The summed E-state index contributed by atoms with van der Waals surface area (Å²) in [4.78, 5) is 0. The monoisotopic (exact) mass is 243 g/mol. The van der Waals surface area contributed by atoms with E-state index < -0.39 is 12.2 Å². The lowest BCUT2D eigenvalue weighted by Gasteiger charge is -2.16. The van der Waals surface area contributed by atoms with Crippen LogP contribution in [0.2, 0.25) is 0 Å². The van der Waals surface area contributed by atoms with Crippen molar-refractivity contribution in [3.63, 3.8) is 0 Å². The third-order valence-electron chi connectivity index (χ3n) is 1.91. The number of ether oxygens (including phenoxy) is 2. The third-order valence-corrected chi connectivity index (χ3v) is 1.91. The second-order valence-electron chi connectivity index (χ2n) is 3.44. The van der Waals surface area contributed by atoms with Crippen molar-refractivity contribution in [3.05, 3.63) is 0 Å². The summed E-state index contributed by atoms with van der Waals surface area (Å²) in [6.45, 7) is 5.13. The zero-order chi connectivity index (χ0) is 12.4. The van der Waals surface area contributed by atoms with Crippen LogP contribution in [0.1, 0.15) is 20.3 Å². The van der Waals surface area contributed by atoms with Gasteiger partial charge in [0.25, 0.3) is 0 Å². The number of rotatable bonds is 9. The van der Waals surface area contributed by atoms with Crippen molar-refractivity contribution in [1.82, 2.24) is 5.32 Å². The fraction of sp³-hybridized carbons (Fsp3) is 1.00. The van der Waals surface area contributed by atoms with Crippen molar-refractivity contribution >= 4 is 0 Å². The van der Waals surface area contributed by atoms with Gasteiger partial charge in [-0.2, -0.15) is 13.2 Å². The summed E-state index contributed by atoms with van der Waals surface area (Å²) in [6, 6.07) is -1.49. The first-order valence-corrected chi connectivity index (χ1v) is 5.44. The second-order valence-corrected chi connectivity index (χ2v) is 3.44. The fourth-order valence-corrected chi connectivity index (χ4v) is 0.930. The highest BCUT2D eigenvalue weighted by atomic mass is 19.4.